The number of carbonyl (C=O) groups excluding carboxylic acids is 4. The number of carbonyl (C=O) groups is 4. The molecule has 0 heterocycles. The molecule has 1 aliphatic carbocycles. The highest BCUT2D eigenvalue weighted by Crippen LogP contribution is 2.17. The van der Waals surface area contributed by atoms with Gasteiger partial charge in [-0.3, -0.25) is 14.4 Å². The highest BCUT2D eigenvalue weighted by molar-refractivity contribution is 6.38. The maximum absolute atomic E-state index is 12.0. The van der Waals surface area contributed by atoms with Crippen molar-refractivity contribution in [2.75, 3.05) is 0 Å². The van der Waals surface area contributed by atoms with Gasteiger partial charge in [0.2, 0.25) is 12.2 Å². The van der Waals surface area contributed by atoms with Crippen molar-refractivity contribution in [3.63, 3.8) is 0 Å². The van der Waals surface area contributed by atoms with Gasteiger partial charge >= 0.3 is 0 Å². The van der Waals surface area contributed by atoms with Crippen LogP contribution in [0, 0.1) is 5.92 Å². The molecule has 2 N–H and O–H groups in total. The highest BCUT2D eigenvalue weighted by Gasteiger charge is 2.29. The van der Waals surface area contributed by atoms with Crippen molar-refractivity contribution in [1.82, 2.24) is 10.6 Å². The first kappa shape index (κ1) is 16.3. The van der Waals surface area contributed by atoms with Crippen LogP contribution in [0.15, 0.2) is 0 Å². The molecule has 0 spiro atoms. The molecule has 0 aromatic rings. The van der Waals surface area contributed by atoms with E-state index in [1.165, 1.54) is 0 Å². The minimum absolute atomic E-state index is 0.0522. The molecule has 112 valence electrons. The second kappa shape index (κ2) is 8.45. The van der Waals surface area contributed by atoms with E-state index in [1.54, 1.807) is 0 Å². The Labute approximate surface area is 118 Å². The summed E-state index contributed by atoms with van der Waals surface area (Å²) in [6.45, 7) is 1.82. The molecule has 0 radical (unpaired) electrons. The Morgan fingerprint density at radius 2 is 1.90 bits per heavy atom. The van der Waals surface area contributed by atoms with Crippen LogP contribution in [-0.2, 0) is 19.2 Å². The van der Waals surface area contributed by atoms with Gasteiger partial charge in [0.05, 0.1) is 6.04 Å². The Bertz CT molecular complexity index is 364. The number of Topliss-reactive ketones (excluding diaryl/α,β-unsaturated/α-hetero) is 1. The van der Waals surface area contributed by atoms with Crippen LogP contribution in [-0.4, -0.2) is 36.5 Å². The Kier molecular flexibility index (Phi) is 6.90. The molecule has 6 nitrogen and oxygen atoms in total. The Morgan fingerprint density at radius 1 is 1.25 bits per heavy atom. The fourth-order valence-electron chi connectivity index (χ4n) is 2.44. The molecule has 20 heavy (non-hydrogen) atoms. The summed E-state index contributed by atoms with van der Waals surface area (Å²) in [6, 6.07) is -0.875. The molecule has 0 saturated heterocycles. The molecule has 0 aliphatic heterocycles. The number of aldehydes is 1. The highest BCUT2D eigenvalue weighted by atomic mass is 16.2. The number of hydrogen-bond donors (Lipinski definition) is 2. The summed E-state index contributed by atoms with van der Waals surface area (Å²) in [5.41, 5.74) is 0. The Hall–Kier alpha value is -1.72. The van der Waals surface area contributed by atoms with Crippen LogP contribution in [0.25, 0.3) is 0 Å². The largest absolute Gasteiger partial charge is 0.348 e. The zero-order valence-electron chi connectivity index (χ0n) is 11.8. The van der Waals surface area contributed by atoms with Crippen LogP contribution >= 0.6 is 0 Å². The van der Waals surface area contributed by atoms with Gasteiger partial charge in [-0.15, -0.1) is 0 Å². The topological polar surface area (TPSA) is 92.3 Å². The number of rotatable bonds is 9. The van der Waals surface area contributed by atoms with Gasteiger partial charge in [-0.2, -0.15) is 0 Å². The van der Waals surface area contributed by atoms with Gasteiger partial charge in [0.25, 0.3) is 5.91 Å². The molecular weight excluding hydrogens is 260 g/mol. The first-order valence-corrected chi connectivity index (χ1v) is 7.12. The molecule has 0 aromatic carbocycles. The quantitative estimate of drug-likeness (QED) is 0.471. The van der Waals surface area contributed by atoms with Crippen molar-refractivity contribution in [1.29, 1.82) is 0 Å². The fourth-order valence-corrected chi connectivity index (χ4v) is 2.44. The lowest BCUT2D eigenvalue weighted by atomic mass is 9.96. The average Bonchev–Trinajstić information content (AvgIpc) is 2.95. The summed E-state index contributed by atoms with van der Waals surface area (Å²) in [7, 11) is 0. The summed E-state index contributed by atoms with van der Waals surface area (Å²) in [5, 5.41) is 5.03. The van der Waals surface area contributed by atoms with Gasteiger partial charge in [0.1, 0.15) is 6.29 Å². The van der Waals surface area contributed by atoms with Crippen molar-refractivity contribution >= 4 is 24.4 Å². The van der Waals surface area contributed by atoms with Gasteiger partial charge in [-0.1, -0.05) is 19.8 Å². The third-order valence-electron chi connectivity index (χ3n) is 3.76. The molecule has 1 aliphatic rings. The van der Waals surface area contributed by atoms with Crippen molar-refractivity contribution in [3.05, 3.63) is 0 Å². The number of hydrogen-bond acceptors (Lipinski definition) is 4. The Morgan fingerprint density at radius 3 is 2.40 bits per heavy atom. The maximum atomic E-state index is 12.0. The number of amides is 2. The second-order valence-corrected chi connectivity index (χ2v) is 5.20. The average molecular weight is 282 g/mol. The molecule has 2 amide bonds. The van der Waals surface area contributed by atoms with E-state index in [2.05, 4.69) is 10.6 Å². The van der Waals surface area contributed by atoms with Crippen LogP contribution in [0.2, 0.25) is 0 Å². The van der Waals surface area contributed by atoms with Gasteiger partial charge < -0.3 is 15.4 Å². The van der Waals surface area contributed by atoms with Crippen LogP contribution in [0.4, 0.5) is 0 Å². The van der Waals surface area contributed by atoms with E-state index in [4.69, 9.17) is 0 Å². The minimum atomic E-state index is -0.927. The summed E-state index contributed by atoms with van der Waals surface area (Å²) >= 11 is 0. The predicted octanol–water partition coefficient (Wildman–Crippen LogP) is 0.344. The zero-order chi connectivity index (χ0) is 15.0. The van der Waals surface area contributed by atoms with Gasteiger partial charge in [-0.25, -0.2) is 0 Å². The minimum Gasteiger partial charge on any atom is -0.348 e. The standard InChI is InChI=1S/C14H22N2O4/c1-2-10(8-17)7-12(15-9-18)13(19)14(20)16-11-5-3-4-6-11/h8-12H,2-7H2,1H3,(H,15,18)(H,16,20). The third kappa shape index (κ3) is 4.75. The normalized spacial score (nSPS) is 18.1. The van der Waals surface area contributed by atoms with Gasteiger partial charge in [0.15, 0.2) is 0 Å². The number of ketones is 1. The van der Waals surface area contributed by atoms with Crippen molar-refractivity contribution in [2.24, 2.45) is 5.92 Å². The number of nitrogens with one attached hydrogen (secondary N) is 2. The van der Waals surface area contributed by atoms with E-state index in [9.17, 15) is 19.2 Å². The fraction of sp³-hybridized carbons (Fsp3) is 0.714. The maximum Gasteiger partial charge on any atom is 0.289 e. The third-order valence-corrected chi connectivity index (χ3v) is 3.76. The molecule has 2 atom stereocenters. The van der Waals surface area contributed by atoms with E-state index >= 15 is 0 Å². The van der Waals surface area contributed by atoms with E-state index in [-0.39, 0.29) is 18.4 Å². The summed E-state index contributed by atoms with van der Waals surface area (Å²) in [4.78, 5) is 45.3. The van der Waals surface area contributed by atoms with Gasteiger partial charge in [0, 0.05) is 12.0 Å². The van der Waals surface area contributed by atoms with E-state index in [0.717, 1.165) is 32.0 Å². The molecule has 1 saturated carbocycles. The SMILES string of the molecule is CCC(C=O)CC(NC=O)C(=O)C(=O)NC1CCCC1. The molecule has 2 unspecified atom stereocenters. The lowest BCUT2D eigenvalue weighted by Gasteiger charge is -2.18. The lowest BCUT2D eigenvalue weighted by molar-refractivity contribution is -0.140. The molecule has 0 bridgehead atoms. The molecule has 1 rings (SSSR count). The summed E-state index contributed by atoms with van der Waals surface area (Å²) in [5.74, 6) is -1.68. The molecular formula is C14H22N2O4. The van der Waals surface area contributed by atoms with Crippen molar-refractivity contribution in [3.8, 4) is 0 Å². The van der Waals surface area contributed by atoms with E-state index < -0.39 is 17.7 Å². The first-order valence-electron chi connectivity index (χ1n) is 7.12. The van der Waals surface area contributed by atoms with E-state index in [0.29, 0.717) is 12.8 Å². The lowest BCUT2D eigenvalue weighted by Crippen LogP contribution is -2.48. The van der Waals surface area contributed by atoms with E-state index in [1.807, 2.05) is 6.92 Å². The van der Waals surface area contributed by atoms with Crippen molar-refractivity contribution < 1.29 is 19.2 Å². The summed E-state index contributed by atoms with van der Waals surface area (Å²) < 4.78 is 0. The van der Waals surface area contributed by atoms with Gasteiger partial charge in [-0.05, 0) is 25.7 Å². The molecule has 0 aromatic heterocycles. The van der Waals surface area contributed by atoms with Crippen molar-refractivity contribution in [2.45, 2.75) is 57.5 Å². The van der Waals surface area contributed by atoms with Crippen LogP contribution in [0.1, 0.15) is 45.4 Å². The Balaban J connectivity index is 2.59. The molecule has 1 fully saturated rings. The zero-order valence-corrected chi connectivity index (χ0v) is 11.8. The summed E-state index contributed by atoms with van der Waals surface area (Å²) in [6.07, 6.45) is 5.75. The van der Waals surface area contributed by atoms with Crippen LogP contribution < -0.4 is 10.6 Å². The van der Waals surface area contributed by atoms with Crippen LogP contribution in [0.5, 0.6) is 0 Å². The van der Waals surface area contributed by atoms with Crippen LogP contribution in [0.3, 0.4) is 0 Å². The smallest absolute Gasteiger partial charge is 0.289 e. The predicted molar refractivity (Wildman–Crippen MR) is 72.9 cm³/mol. The first-order chi connectivity index (χ1) is 9.62. The monoisotopic (exact) mass is 282 g/mol. The second-order valence-electron chi connectivity index (χ2n) is 5.20. The molecule has 6 heteroatoms.